The topological polar surface area (TPSA) is 30.5 Å². The number of benzene rings is 2. The van der Waals surface area contributed by atoms with Crippen molar-refractivity contribution in [3.8, 4) is 11.5 Å². The molecule has 1 heterocycles. The Morgan fingerprint density at radius 1 is 1.00 bits per heavy atom. The number of hydroxylamine groups is 1. The van der Waals surface area contributed by atoms with Crippen LogP contribution < -0.4 is 10.2 Å². The third kappa shape index (κ3) is 2.97. The minimum absolute atomic E-state index is 0.103. The van der Waals surface area contributed by atoms with Crippen molar-refractivity contribution in [1.29, 1.82) is 0 Å². The zero-order valence-electron chi connectivity index (χ0n) is 10.0. The summed E-state index contributed by atoms with van der Waals surface area (Å²) < 4.78 is 6.64. The normalized spacial score (nSPS) is 17.7. The van der Waals surface area contributed by atoms with Gasteiger partial charge in [-0.1, -0.05) is 30.3 Å². The fourth-order valence-corrected chi connectivity index (χ4v) is 2.20. The summed E-state index contributed by atoms with van der Waals surface area (Å²) >= 11 is 3.34. The molecule has 1 N–H and O–H groups in total. The van der Waals surface area contributed by atoms with Crippen LogP contribution in [0.2, 0.25) is 0 Å². The molecule has 0 spiro atoms. The van der Waals surface area contributed by atoms with Crippen molar-refractivity contribution in [2.45, 2.75) is 6.10 Å². The quantitative estimate of drug-likeness (QED) is 0.856. The summed E-state index contributed by atoms with van der Waals surface area (Å²) in [6, 6.07) is 17.6. The zero-order valence-corrected chi connectivity index (χ0v) is 11.6. The lowest BCUT2D eigenvalue weighted by molar-refractivity contribution is 0.0457. The van der Waals surface area contributed by atoms with E-state index in [-0.39, 0.29) is 6.10 Å². The van der Waals surface area contributed by atoms with Crippen LogP contribution in [0.1, 0.15) is 11.7 Å². The Morgan fingerprint density at radius 2 is 1.79 bits per heavy atom. The molecular weight excluding hydrogens is 306 g/mol. The van der Waals surface area contributed by atoms with E-state index >= 15 is 0 Å². The van der Waals surface area contributed by atoms with Gasteiger partial charge in [0.2, 0.25) is 0 Å². The highest BCUT2D eigenvalue weighted by Gasteiger charge is 2.17. The number of hydrogen-bond donors (Lipinski definition) is 1. The average Bonchev–Trinajstić information content (AvgIpc) is 2.87. The Kier molecular flexibility index (Phi) is 3.53. The van der Waals surface area contributed by atoms with Crippen LogP contribution in [0.25, 0.3) is 0 Å². The summed E-state index contributed by atoms with van der Waals surface area (Å²) in [5, 5.41) is 0. The SMILES string of the molecule is BrC1=CC(c2cccc(Oc3ccccc3)c2)ON1. The molecule has 4 heteroatoms. The first-order valence-corrected chi connectivity index (χ1v) is 6.72. The first-order valence-electron chi connectivity index (χ1n) is 5.93. The van der Waals surface area contributed by atoms with Gasteiger partial charge in [-0.2, -0.15) is 0 Å². The monoisotopic (exact) mass is 317 g/mol. The molecule has 1 aliphatic rings. The maximum Gasteiger partial charge on any atom is 0.132 e. The highest BCUT2D eigenvalue weighted by molar-refractivity contribution is 9.11. The summed E-state index contributed by atoms with van der Waals surface area (Å²) in [6.07, 6.45) is 1.86. The molecule has 0 fully saturated rings. The van der Waals surface area contributed by atoms with Crippen LogP contribution >= 0.6 is 15.9 Å². The van der Waals surface area contributed by atoms with E-state index in [0.29, 0.717) is 0 Å². The van der Waals surface area contributed by atoms with Crippen LogP contribution in [0.4, 0.5) is 0 Å². The van der Waals surface area contributed by atoms with E-state index in [1.165, 1.54) is 0 Å². The van der Waals surface area contributed by atoms with Gasteiger partial charge in [-0.25, -0.2) is 0 Å². The van der Waals surface area contributed by atoms with E-state index < -0.39 is 0 Å². The van der Waals surface area contributed by atoms with Crippen molar-refractivity contribution < 1.29 is 9.57 Å². The van der Waals surface area contributed by atoms with E-state index in [1.54, 1.807) is 0 Å². The summed E-state index contributed by atoms with van der Waals surface area (Å²) in [7, 11) is 0. The van der Waals surface area contributed by atoms with Gasteiger partial charge < -0.3 is 4.74 Å². The Hall–Kier alpha value is -1.78. The minimum atomic E-state index is -0.103. The fraction of sp³-hybridized carbons (Fsp3) is 0.0667. The van der Waals surface area contributed by atoms with Crippen LogP contribution in [0.15, 0.2) is 65.3 Å². The number of halogens is 1. The highest BCUT2D eigenvalue weighted by Crippen LogP contribution is 2.29. The molecular formula is C15H12BrNO2. The molecule has 1 atom stereocenters. The number of rotatable bonds is 3. The van der Waals surface area contributed by atoms with Crippen LogP contribution in [-0.4, -0.2) is 0 Å². The predicted octanol–water partition coefficient (Wildman–Crippen LogP) is 4.29. The van der Waals surface area contributed by atoms with E-state index in [9.17, 15) is 0 Å². The second-order valence-electron chi connectivity index (χ2n) is 4.14. The Balaban J connectivity index is 1.80. The molecule has 0 aromatic heterocycles. The molecule has 2 aromatic rings. The third-order valence-corrected chi connectivity index (χ3v) is 3.17. The summed E-state index contributed by atoms with van der Waals surface area (Å²) in [6.45, 7) is 0. The molecule has 0 bridgehead atoms. The molecule has 0 saturated heterocycles. The first kappa shape index (κ1) is 12.3. The van der Waals surface area contributed by atoms with Crippen LogP contribution in [0, 0.1) is 0 Å². The maximum absolute atomic E-state index is 5.80. The van der Waals surface area contributed by atoms with Crippen molar-refractivity contribution in [3.63, 3.8) is 0 Å². The van der Waals surface area contributed by atoms with Crippen LogP contribution in [-0.2, 0) is 4.84 Å². The lowest BCUT2D eigenvalue weighted by Crippen LogP contribution is -2.05. The van der Waals surface area contributed by atoms with Crippen molar-refractivity contribution in [1.82, 2.24) is 5.48 Å². The van der Waals surface area contributed by atoms with Gasteiger partial charge in [-0.3, -0.25) is 10.3 Å². The van der Waals surface area contributed by atoms with E-state index in [0.717, 1.165) is 21.7 Å². The Labute approximate surface area is 119 Å². The third-order valence-electron chi connectivity index (χ3n) is 2.75. The number of ether oxygens (including phenoxy) is 1. The zero-order chi connectivity index (χ0) is 13.1. The predicted molar refractivity (Wildman–Crippen MR) is 76.9 cm³/mol. The standard InChI is InChI=1S/C15H12BrNO2/c16-15-10-14(19-17-15)11-5-4-8-13(9-11)18-12-6-2-1-3-7-12/h1-10,14,17H. The maximum atomic E-state index is 5.80. The van der Waals surface area contributed by atoms with E-state index in [1.807, 2.05) is 60.7 Å². The Morgan fingerprint density at radius 3 is 2.53 bits per heavy atom. The lowest BCUT2D eigenvalue weighted by atomic mass is 10.1. The number of hydrogen-bond acceptors (Lipinski definition) is 3. The molecule has 19 heavy (non-hydrogen) atoms. The van der Waals surface area contributed by atoms with E-state index in [2.05, 4.69) is 21.4 Å². The smallest absolute Gasteiger partial charge is 0.132 e. The van der Waals surface area contributed by atoms with Crippen LogP contribution in [0.3, 0.4) is 0 Å². The largest absolute Gasteiger partial charge is 0.457 e. The number of nitrogens with one attached hydrogen (secondary N) is 1. The summed E-state index contributed by atoms with van der Waals surface area (Å²) in [4.78, 5) is 5.41. The van der Waals surface area contributed by atoms with Gasteiger partial charge >= 0.3 is 0 Å². The van der Waals surface area contributed by atoms with Gasteiger partial charge in [-0.15, -0.1) is 0 Å². The van der Waals surface area contributed by atoms with Crippen molar-refractivity contribution >= 4 is 15.9 Å². The summed E-state index contributed by atoms with van der Waals surface area (Å²) in [5.41, 5.74) is 3.81. The summed E-state index contributed by atoms with van der Waals surface area (Å²) in [5.74, 6) is 1.62. The fourth-order valence-electron chi connectivity index (χ4n) is 1.86. The molecule has 1 unspecified atom stereocenters. The van der Waals surface area contributed by atoms with Gasteiger partial charge in [0.25, 0.3) is 0 Å². The second-order valence-corrected chi connectivity index (χ2v) is 5.00. The molecule has 2 aromatic carbocycles. The average molecular weight is 318 g/mol. The van der Waals surface area contributed by atoms with Gasteiger partial charge in [0, 0.05) is 0 Å². The van der Waals surface area contributed by atoms with Crippen molar-refractivity contribution in [2.24, 2.45) is 0 Å². The molecule has 3 nitrogen and oxygen atoms in total. The molecule has 3 rings (SSSR count). The Bertz CT molecular complexity index is 598. The first-order chi connectivity index (χ1) is 9.31. The number of para-hydroxylation sites is 1. The molecule has 0 saturated carbocycles. The second kappa shape index (κ2) is 5.47. The van der Waals surface area contributed by atoms with Crippen molar-refractivity contribution in [2.75, 3.05) is 0 Å². The molecule has 0 aliphatic carbocycles. The minimum Gasteiger partial charge on any atom is -0.457 e. The van der Waals surface area contributed by atoms with Crippen LogP contribution in [0.5, 0.6) is 11.5 Å². The van der Waals surface area contributed by atoms with Gasteiger partial charge in [0.1, 0.15) is 22.2 Å². The highest BCUT2D eigenvalue weighted by atomic mass is 79.9. The van der Waals surface area contributed by atoms with Gasteiger partial charge in [0.05, 0.1) is 0 Å². The van der Waals surface area contributed by atoms with Gasteiger partial charge in [-0.05, 0) is 51.8 Å². The van der Waals surface area contributed by atoms with Gasteiger partial charge in [0.15, 0.2) is 0 Å². The van der Waals surface area contributed by atoms with E-state index in [4.69, 9.17) is 9.57 Å². The molecule has 0 radical (unpaired) electrons. The molecule has 0 amide bonds. The lowest BCUT2D eigenvalue weighted by Gasteiger charge is -2.10. The molecule has 1 aliphatic heterocycles. The molecule has 96 valence electrons. The van der Waals surface area contributed by atoms with Crippen molar-refractivity contribution in [3.05, 3.63) is 70.8 Å².